The number of thioether (sulfide) groups is 1. The number of hydrogen-bond acceptors (Lipinski definition) is 7. The smallest absolute Gasteiger partial charge is 0.345 e. The summed E-state index contributed by atoms with van der Waals surface area (Å²) in [4.78, 5) is 29.4. The fourth-order valence-electron chi connectivity index (χ4n) is 1.92. The summed E-state index contributed by atoms with van der Waals surface area (Å²) >= 11 is 2.60. The number of carbonyl (C=O) groups is 2. The molecule has 0 bridgehead atoms. The fraction of sp³-hybridized carbons (Fsp3) is 0.389. The summed E-state index contributed by atoms with van der Waals surface area (Å²) in [6.45, 7) is 8.62. The minimum absolute atomic E-state index is 0.207. The van der Waals surface area contributed by atoms with Gasteiger partial charge in [0.25, 0.3) is 0 Å². The third-order valence-electron chi connectivity index (χ3n) is 2.98. The quantitative estimate of drug-likeness (QED) is 0.416. The van der Waals surface area contributed by atoms with Crippen LogP contribution in [0.5, 0.6) is 0 Å². The lowest BCUT2D eigenvalue weighted by Gasteiger charge is -2.13. The second kappa shape index (κ2) is 8.49. The average molecular weight is 380 g/mol. The molecule has 0 aliphatic heterocycles. The third-order valence-corrected chi connectivity index (χ3v) is 5.26. The molecular weight excluding hydrogens is 358 g/mol. The molecular formula is C18H21NO4S2. The highest BCUT2D eigenvalue weighted by molar-refractivity contribution is 8.05. The number of para-hydroxylation sites is 1. The van der Waals surface area contributed by atoms with Crippen molar-refractivity contribution in [2.24, 2.45) is 0 Å². The van der Waals surface area contributed by atoms with Crippen LogP contribution in [0, 0.1) is 0 Å². The Morgan fingerprint density at radius 3 is 2.24 bits per heavy atom. The molecule has 0 atom stereocenters. The summed E-state index contributed by atoms with van der Waals surface area (Å²) in [7, 11) is 0. The van der Waals surface area contributed by atoms with Gasteiger partial charge in [-0.1, -0.05) is 23.9 Å². The second-order valence-electron chi connectivity index (χ2n) is 5.91. The van der Waals surface area contributed by atoms with Crippen LogP contribution in [0.2, 0.25) is 0 Å². The minimum atomic E-state index is -0.544. The maximum absolute atomic E-state index is 12.5. The number of fused-ring (bicyclic) bond motifs is 1. The molecule has 0 unspecified atom stereocenters. The van der Waals surface area contributed by atoms with Crippen molar-refractivity contribution in [1.82, 2.24) is 4.98 Å². The molecule has 1 aromatic heterocycles. The Bertz CT molecular complexity index is 775. The first-order valence-electron chi connectivity index (χ1n) is 7.94. The number of esters is 2. The summed E-state index contributed by atoms with van der Waals surface area (Å²) in [5.41, 5.74) is 1.08. The number of ether oxygens (including phenoxy) is 2. The summed E-state index contributed by atoms with van der Waals surface area (Å²) in [6, 6.07) is 7.72. The van der Waals surface area contributed by atoms with Gasteiger partial charge in [-0.15, -0.1) is 11.3 Å². The molecule has 5 nitrogen and oxygen atoms in total. The van der Waals surface area contributed by atoms with Crippen LogP contribution in [-0.4, -0.2) is 29.1 Å². The van der Waals surface area contributed by atoms with E-state index in [1.54, 1.807) is 34.6 Å². The Balaban J connectivity index is 2.36. The van der Waals surface area contributed by atoms with Crippen molar-refractivity contribution < 1.29 is 19.1 Å². The number of hydrogen-bond donors (Lipinski definition) is 0. The van der Waals surface area contributed by atoms with Crippen LogP contribution in [0.25, 0.3) is 10.2 Å². The SMILES string of the molecule is CC(C(=O)OC(C)C)=C(Sc1nc2ccccc2s1)C(=O)OC(C)C. The van der Waals surface area contributed by atoms with Gasteiger partial charge in [-0.05, 0) is 46.8 Å². The molecule has 1 aromatic carbocycles. The van der Waals surface area contributed by atoms with Gasteiger partial charge < -0.3 is 9.47 Å². The van der Waals surface area contributed by atoms with Crippen molar-refractivity contribution in [3.8, 4) is 0 Å². The maximum Gasteiger partial charge on any atom is 0.345 e. The highest BCUT2D eigenvalue weighted by Crippen LogP contribution is 2.36. The Labute approximate surface area is 155 Å². The fourth-order valence-corrected chi connectivity index (χ4v) is 3.99. The predicted octanol–water partition coefficient (Wildman–Crippen LogP) is 4.57. The number of benzene rings is 1. The Kier molecular flexibility index (Phi) is 6.61. The number of nitrogens with zero attached hydrogens (tertiary/aromatic N) is 1. The third kappa shape index (κ3) is 5.31. The molecule has 134 valence electrons. The van der Waals surface area contributed by atoms with Crippen LogP contribution in [0.15, 0.2) is 39.1 Å². The van der Waals surface area contributed by atoms with Crippen LogP contribution in [0.4, 0.5) is 0 Å². The van der Waals surface area contributed by atoms with E-state index in [4.69, 9.17) is 9.47 Å². The minimum Gasteiger partial charge on any atom is -0.460 e. The van der Waals surface area contributed by atoms with Crippen molar-refractivity contribution in [2.45, 2.75) is 51.2 Å². The normalized spacial score (nSPS) is 12.4. The van der Waals surface area contributed by atoms with Gasteiger partial charge in [0.05, 0.1) is 28.0 Å². The molecule has 25 heavy (non-hydrogen) atoms. The molecule has 0 aliphatic rings. The van der Waals surface area contributed by atoms with Gasteiger partial charge in [-0.3, -0.25) is 0 Å². The molecule has 0 N–H and O–H groups in total. The predicted molar refractivity (Wildman–Crippen MR) is 101 cm³/mol. The van der Waals surface area contributed by atoms with Gasteiger partial charge in [0.15, 0.2) is 4.34 Å². The van der Waals surface area contributed by atoms with Gasteiger partial charge in [-0.2, -0.15) is 0 Å². The van der Waals surface area contributed by atoms with Crippen molar-refractivity contribution in [3.05, 3.63) is 34.7 Å². The van der Waals surface area contributed by atoms with Crippen molar-refractivity contribution >= 4 is 45.3 Å². The largest absolute Gasteiger partial charge is 0.460 e. The molecule has 0 amide bonds. The van der Waals surface area contributed by atoms with E-state index < -0.39 is 11.9 Å². The number of thiazole rings is 1. The van der Waals surface area contributed by atoms with Crippen LogP contribution in [0.3, 0.4) is 0 Å². The van der Waals surface area contributed by atoms with Gasteiger partial charge in [0.1, 0.15) is 4.91 Å². The number of rotatable bonds is 6. The van der Waals surface area contributed by atoms with Crippen molar-refractivity contribution in [3.63, 3.8) is 0 Å². The summed E-state index contributed by atoms with van der Waals surface area (Å²) in [5.74, 6) is -1.07. The molecule has 2 rings (SSSR count). The van der Waals surface area contributed by atoms with Gasteiger partial charge in [0.2, 0.25) is 0 Å². The molecule has 0 spiro atoms. The van der Waals surface area contributed by atoms with E-state index in [9.17, 15) is 9.59 Å². The summed E-state index contributed by atoms with van der Waals surface area (Å²) in [6.07, 6.45) is -0.551. The molecule has 0 saturated heterocycles. The standard InChI is InChI=1S/C18H21NO4S2/c1-10(2)22-16(20)12(5)15(17(21)23-11(3)4)25-18-19-13-8-6-7-9-14(13)24-18/h6-11H,1-5H3. The number of aromatic nitrogens is 1. The zero-order chi connectivity index (χ0) is 18.6. The lowest BCUT2D eigenvalue weighted by atomic mass is 10.3. The summed E-state index contributed by atoms with van der Waals surface area (Å²) in [5, 5.41) is 0. The van der Waals surface area contributed by atoms with Crippen LogP contribution >= 0.6 is 23.1 Å². The maximum atomic E-state index is 12.5. The topological polar surface area (TPSA) is 65.5 Å². The van der Waals surface area contributed by atoms with Crippen LogP contribution in [0.1, 0.15) is 34.6 Å². The summed E-state index contributed by atoms with van der Waals surface area (Å²) < 4.78 is 12.2. The molecule has 0 aliphatic carbocycles. The van der Waals surface area contributed by atoms with E-state index in [2.05, 4.69) is 4.98 Å². The first-order valence-corrected chi connectivity index (χ1v) is 9.57. The average Bonchev–Trinajstić information content (AvgIpc) is 2.93. The lowest BCUT2D eigenvalue weighted by molar-refractivity contribution is -0.145. The molecule has 7 heteroatoms. The monoisotopic (exact) mass is 379 g/mol. The first-order chi connectivity index (χ1) is 11.8. The Morgan fingerprint density at radius 2 is 1.64 bits per heavy atom. The number of carbonyl (C=O) groups excluding carboxylic acids is 2. The van der Waals surface area contributed by atoms with Gasteiger partial charge >= 0.3 is 11.9 Å². The molecule has 1 heterocycles. The van der Waals surface area contributed by atoms with Gasteiger partial charge in [0, 0.05) is 0 Å². The zero-order valence-electron chi connectivity index (χ0n) is 14.9. The highest BCUT2D eigenvalue weighted by Gasteiger charge is 2.24. The van der Waals surface area contributed by atoms with Crippen LogP contribution in [-0.2, 0) is 19.1 Å². The molecule has 0 radical (unpaired) electrons. The molecule has 0 fully saturated rings. The second-order valence-corrected chi connectivity index (χ2v) is 8.20. The van der Waals surface area contributed by atoms with Crippen molar-refractivity contribution in [1.29, 1.82) is 0 Å². The first kappa shape index (κ1) is 19.5. The van der Waals surface area contributed by atoms with E-state index in [0.717, 1.165) is 22.0 Å². The van der Waals surface area contributed by atoms with E-state index in [1.165, 1.54) is 11.3 Å². The molecule has 2 aromatic rings. The van der Waals surface area contributed by atoms with E-state index in [1.807, 2.05) is 24.3 Å². The Hall–Kier alpha value is -1.86. The van der Waals surface area contributed by atoms with E-state index in [-0.39, 0.29) is 22.7 Å². The lowest BCUT2D eigenvalue weighted by Crippen LogP contribution is -2.18. The molecule has 0 saturated carbocycles. The van der Waals surface area contributed by atoms with E-state index in [0.29, 0.717) is 4.34 Å². The Morgan fingerprint density at radius 1 is 1.04 bits per heavy atom. The van der Waals surface area contributed by atoms with Gasteiger partial charge in [-0.25, -0.2) is 14.6 Å². The highest BCUT2D eigenvalue weighted by atomic mass is 32.2. The van der Waals surface area contributed by atoms with E-state index >= 15 is 0 Å². The van der Waals surface area contributed by atoms with Crippen LogP contribution < -0.4 is 0 Å². The zero-order valence-corrected chi connectivity index (χ0v) is 16.5. The van der Waals surface area contributed by atoms with Crippen molar-refractivity contribution in [2.75, 3.05) is 0 Å².